The van der Waals surface area contributed by atoms with Crippen LogP contribution in [0.1, 0.15) is 97.8 Å². The smallest absolute Gasteiger partial charge is 0.265 e. The van der Waals surface area contributed by atoms with Gasteiger partial charge >= 0.3 is 0 Å². The van der Waals surface area contributed by atoms with Gasteiger partial charge in [0.15, 0.2) is 0 Å². The Kier molecular flexibility index (Phi) is 9.11. The second-order valence-corrected chi connectivity index (χ2v) is 14.1. The van der Waals surface area contributed by atoms with Crippen molar-refractivity contribution < 1.29 is 4.79 Å². The van der Waals surface area contributed by atoms with Gasteiger partial charge in [-0.3, -0.25) is 14.2 Å². The summed E-state index contributed by atoms with van der Waals surface area (Å²) in [5, 5.41) is 1.37. The fraction of sp³-hybridized carbons (Fsp3) is 0.432. The number of likely N-dealkylation sites (tertiary alicyclic amines) is 1. The first kappa shape index (κ1) is 30.8. The fourth-order valence-corrected chi connectivity index (χ4v) is 7.86. The number of aryl methyl sites for hydroxylation is 2. The van der Waals surface area contributed by atoms with Crippen LogP contribution in [-0.4, -0.2) is 33.4 Å². The average Bonchev–Trinajstić information content (AvgIpc) is 3.79. The number of hydrogen-bond donors (Lipinski definition) is 0. The van der Waals surface area contributed by atoms with Crippen molar-refractivity contribution in [2.45, 2.75) is 85.0 Å². The first-order chi connectivity index (χ1) is 21.3. The average molecular weight is 628 g/mol. The molecule has 1 aliphatic carbocycles. The minimum atomic E-state index is -0.0924. The molecule has 0 spiro atoms. The number of benzene rings is 2. The van der Waals surface area contributed by atoms with Gasteiger partial charge in [0.1, 0.15) is 5.01 Å². The maximum atomic E-state index is 14.9. The lowest BCUT2D eigenvalue weighted by Gasteiger charge is -2.29. The Bertz CT molecular complexity index is 1700. The number of piperidine rings is 1. The molecule has 6 rings (SSSR count). The standard InChI is InChI=1S/C37H42ClN3O2S/c1-5-24-11-10-12-25(6-2)33(24)41-31(21-23(3)4)29(36(42)40-19-8-7-9-20-40)22-30(37(41)43)35-39-32(34(44-35)27-13-14-27)26-15-17-28(38)18-16-26/h10-12,15-18,22-23,27H,5-9,13-14,19-21H2,1-4H3. The highest BCUT2D eigenvalue weighted by Crippen LogP contribution is 2.49. The first-order valence-electron chi connectivity index (χ1n) is 16.3. The lowest BCUT2D eigenvalue weighted by molar-refractivity contribution is 0.0722. The van der Waals surface area contributed by atoms with E-state index in [9.17, 15) is 9.59 Å². The Morgan fingerprint density at radius 1 is 1.00 bits per heavy atom. The van der Waals surface area contributed by atoms with Gasteiger partial charge in [-0.15, -0.1) is 11.3 Å². The number of aromatic nitrogens is 2. The maximum Gasteiger partial charge on any atom is 0.265 e. The van der Waals surface area contributed by atoms with Crippen LogP contribution in [0.25, 0.3) is 27.5 Å². The van der Waals surface area contributed by atoms with Gasteiger partial charge in [-0.2, -0.15) is 0 Å². The van der Waals surface area contributed by atoms with E-state index in [0.29, 0.717) is 33.5 Å². The number of thiazole rings is 1. The molecule has 0 radical (unpaired) electrons. The topological polar surface area (TPSA) is 55.2 Å². The molecule has 5 nitrogen and oxygen atoms in total. The summed E-state index contributed by atoms with van der Waals surface area (Å²) in [5.41, 5.74) is 6.97. The van der Waals surface area contributed by atoms with Crippen LogP contribution in [0.4, 0.5) is 0 Å². The third-order valence-electron chi connectivity index (χ3n) is 8.92. The molecule has 2 aromatic heterocycles. The third-order valence-corrected chi connectivity index (χ3v) is 10.4. The van der Waals surface area contributed by atoms with Crippen molar-refractivity contribution in [1.29, 1.82) is 0 Å². The van der Waals surface area contributed by atoms with Crippen LogP contribution < -0.4 is 5.56 Å². The largest absolute Gasteiger partial charge is 0.339 e. The molecule has 1 amide bonds. The summed E-state index contributed by atoms with van der Waals surface area (Å²) in [5.74, 6) is 0.742. The number of halogens is 1. The van der Waals surface area contributed by atoms with Crippen LogP contribution >= 0.6 is 22.9 Å². The lowest BCUT2D eigenvalue weighted by Crippen LogP contribution is -2.38. The van der Waals surface area contributed by atoms with Gasteiger partial charge in [0.05, 0.1) is 22.5 Å². The van der Waals surface area contributed by atoms with E-state index in [1.54, 1.807) is 11.3 Å². The van der Waals surface area contributed by atoms with Gasteiger partial charge in [-0.05, 0) is 92.5 Å². The van der Waals surface area contributed by atoms with E-state index in [2.05, 4.69) is 45.9 Å². The minimum absolute atomic E-state index is 0.0271. The number of rotatable bonds is 9. The number of amides is 1. The first-order valence-corrected chi connectivity index (χ1v) is 17.5. The van der Waals surface area contributed by atoms with Gasteiger partial charge in [0, 0.05) is 34.2 Å². The zero-order valence-corrected chi connectivity index (χ0v) is 27.9. The number of hydrogen-bond acceptors (Lipinski definition) is 4. The molecule has 2 aliphatic rings. The SMILES string of the molecule is CCc1cccc(CC)c1-n1c(CC(C)C)c(C(=O)N2CCCCC2)cc(-c2nc(-c3ccc(Cl)cc3)c(C3CC3)s2)c1=O. The zero-order chi connectivity index (χ0) is 31.0. The summed E-state index contributed by atoms with van der Waals surface area (Å²) in [4.78, 5) is 37.7. The maximum absolute atomic E-state index is 14.9. The molecular formula is C37H42ClN3O2S. The Balaban J connectivity index is 1.65. The molecule has 0 atom stereocenters. The highest BCUT2D eigenvalue weighted by Gasteiger charge is 2.33. The van der Waals surface area contributed by atoms with E-state index in [-0.39, 0.29) is 17.4 Å². The number of carbonyl (C=O) groups is 1. The summed E-state index contributed by atoms with van der Waals surface area (Å²) in [7, 11) is 0. The summed E-state index contributed by atoms with van der Waals surface area (Å²) >= 11 is 7.84. The Morgan fingerprint density at radius 2 is 1.66 bits per heavy atom. The van der Waals surface area contributed by atoms with E-state index >= 15 is 0 Å². The highest BCUT2D eigenvalue weighted by molar-refractivity contribution is 7.15. The van der Waals surface area contributed by atoms with Gasteiger partial charge in [0.2, 0.25) is 0 Å². The van der Waals surface area contributed by atoms with Crippen molar-refractivity contribution in [2.75, 3.05) is 13.1 Å². The van der Waals surface area contributed by atoms with Crippen LogP contribution in [0, 0.1) is 5.92 Å². The lowest BCUT2D eigenvalue weighted by atomic mass is 9.96. The summed E-state index contributed by atoms with van der Waals surface area (Å²) < 4.78 is 1.91. The quantitative estimate of drug-likeness (QED) is 0.186. The van der Waals surface area contributed by atoms with Crippen LogP contribution in [0.5, 0.6) is 0 Å². The van der Waals surface area contributed by atoms with Gasteiger partial charge in [-0.25, -0.2) is 4.98 Å². The van der Waals surface area contributed by atoms with Crippen molar-refractivity contribution in [2.24, 2.45) is 5.92 Å². The molecule has 2 fully saturated rings. The molecule has 7 heteroatoms. The second kappa shape index (κ2) is 13.0. The molecule has 0 N–H and O–H groups in total. The van der Waals surface area contributed by atoms with Gasteiger partial charge < -0.3 is 4.90 Å². The van der Waals surface area contributed by atoms with E-state index in [4.69, 9.17) is 16.6 Å². The predicted octanol–water partition coefficient (Wildman–Crippen LogP) is 9.11. The number of nitrogens with zero attached hydrogens (tertiary/aromatic N) is 3. The van der Waals surface area contributed by atoms with E-state index in [1.807, 2.05) is 39.8 Å². The zero-order valence-electron chi connectivity index (χ0n) is 26.3. The van der Waals surface area contributed by atoms with Crippen LogP contribution in [-0.2, 0) is 19.3 Å². The van der Waals surface area contributed by atoms with E-state index < -0.39 is 0 Å². The number of carbonyl (C=O) groups excluding carboxylic acids is 1. The summed E-state index contributed by atoms with van der Waals surface area (Å²) in [6, 6.07) is 16.0. The third kappa shape index (κ3) is 6.03. The Labute approximate surface area is 269 Å². The Morgan fingerprint density at radius 3 is 2.25 bits per heavy atom. The summed E-state index contributed by atoms with van der Waals surface area (Å²) in [6.07, 6.45) is 7.64. The molecule has 4 aromatic rings. The molecule has 3 heterocycles. The van der Waals surface area contributed by atoms with Crippen LogP contribution in [0.15, 0.2) is 53.3 Å². The molecule has 230 valence electrons. The van der Waals surface area contributed by atoms with Gasteiger partial charge in [0.25, 0.3) is 11.5 Å². The number of pyridine rings is 1. The second-order valence-electron chi connectivity index (χ2n) is 12.7. The van der Waals surface area contributed by atoms with E-state index in [1.165, 1.54) is 4.88 Å². The molecule has 0 bridgehead atoms. The van der Waals surface area contributed by atoms with Crippen molar-refractivity contribution in [3.8, 4) is 27.5 Å². The van der Waals surface area contributed by atoms with Crippen molar-refractivity contribution in [1.82, 2.24) is 14.5 Å². The minimum Gasteiger partial charge on any atom is -0.339 e. The highest BCUT2D eigenvalue weighted by atomic mass is 35.5. The molecular weight excluding hydrogens is 586 g/mol. The molecule has 1 saturated heterocycles. The predicted molar refractivity (Wildman–Crippen MR) is 183 cm³/mol. The monoisotopic (exact) mass is 627 g/mol. The van der Waals surface area contributed by atoms with Crippen LogP contribution in [0.3, 0.4) is 0 Å². The summed E-state index contributed by atoms with van der Waals surface area (Å²) in [6.45, 7) is 10.1. The van der Waals surface area contributed by atoms with Crippen LogP contribution in [0.2, 0.25) is 5.02 Å². The van der Waals surface area contributed by atoms with Crippen molar-refractivity contribution >= 4 is 28.8 Å². The fourth-order valence-electron chi connectivity index (χ4n) is 6.47. The Hall–Kier alpha value is -3.22. The molecule has 1 saturated carbocycles. The van der Waals surface area contributed by atoms with Crippen molar-refractivity contribution in [3.05, 3.63) is 91.2 Å². The molecule has 2 aromatic carbocycles. The van der Waals surface area contributed by atoms with Crippen molar-refractivity contribution in [3.63, 3.8) is 0 Å². The number of para-hydroxylation sites is 1. The van der Waals surface area contributed by atoms with Gasteiger partial charge in [-0.1, -0.05) is 69.6 Å². The molecule has 0 unspecified atom stereocenters. The molecule has 44 heavy (non-hydrogen) atoms. The molecule has 1 aliphatic heterocycles. The van der Waals surface area contributed by atoms with E-state index in [0.717, 1.165) is 91.8 Å². The normalized spacial score (nSPS) is 15.3.